The minimum absolute atomic E-state index is 0.0192. The van der Waals surface area contributed by atoms with Crippen LogP contribution in [0.2, 0.25) is 5.02 Å². The number of hydrogen-bond acceptors (Lipinski definition) is 5. The minimum atomic E-state index is -5.61. The van der Waals surface area contributed by atoms with E-state index in [4.69, 9.17) is 11.6 Å². The zero-order valence-corrected chi connectivity index (χ0v) is 18.6. The second kappa shape index (κ2) is 7.89. The maximum Gasteiger partial charge on any atom is 0.417 e. The molecular formula is C20H14ClF3N4O5S. The van der Waals surface area contributed by atoms with Gasteiger partial charge in [0.15, 0.2) is 0 Å². The van der Waals surface area contributed by atoms with Crippen LogP contribution in [0.15, 0.2) is 58.4 Å². The number of amides is 4. The van der Waals surface area contributed by atoms with Crippen LogP contribution in [0.4, 0.5) is 23.7 Å². The Bertz CT molecular complexity index is 1340. The molecule has 178 valence electrons. The van der Waals surface area contributed by atoms with Crippen molar-refractivity contribution in [2.75, 3.05) is 4.90 Å². The summed E-state index contributed by atoms with van der Waals surface area (Å²) in [7, 11) is -5.02. The fourth-order valence-corrected chi connectivity index (χ4v) is 5.16. The molecule has 4 amide bonds. The first-order valence-corrected chi connectivity index (χ1v) is 11.3. The number of fused-ring (bicyclic) bond motifs is 1. The summed E-state index contributed by atoms with van der Waals surface area (Å²) in [6.45, 7) is 1.73. The number of halogens is 4. The maximum atomic E-state index is 14.5. The largest absolute Gasteiger partial charge is 0.417 e. The van der Waals surface area contributed by atoms with Crippen LogP contribution in [-0.2, 0) is 19.6 Å². The van der Waals surface area contributed by atoms with Gasteiger partial charge in [-0.3, -0.25) is 14.9 Å². The molecule has 0 spiro atoms. The zero-order valence-electron chi connectivity index (χ0n) is 17.1. The molecule has 9 nitrogen and oxygen atoms in total. The van der Waals surface area contributed by atoms with Crippen LogP contribution in [-0.4, -0.2) is 43.8 Å². The second-order valence-corrected chi connectivity index (χ2v) is 9.66. The summed E-state index contributed by atoms with van der Waals surface area (Å²) < 4.78 is 70.5. The standard InChI is InChI=1S/C20H14ClF3N4O5S/c1-10-2-6-12(7-3-10)28-15-14(16(29)26-18(28)31)19(17(30)25-15,20(22,23)24)27-34(32,33)13-8-4-11(21)5-9-13/h2-9,14,27H,1H3,(H,26,29,31). The van der Waals surface area contributed by atoms with E-state index in [0.717, 1.165) is 29.8 Å². The second-order valence-electron chi connectivity index (χ2n) is 7.54. The van der Waals surface area contributed by atoms with Crippen molar-refractivity contribution in [3.05, 3.63) is 59.1 Å². The number of rotatable bonds is 4. The molecular weight excluding hydrogens is 501 g/mol. The zero-order chi connectivity index (χ0) is 25.1. The van der Waals surface area contributed by atoms with Crippen LogP contribution in [0.1, 0.15) is 5.56 Å². The number of aliphatic imine (C=N–C) groups is 1. The molecule has 2 aliphatic heterocycles. The fourth-order valence-electron chi connectivity index (χ4n) is 3.68. The van der Waals surface area contributed by atoms with Crippen molar-refractivity contribution >= 4 is 51.0 Å². The van der Waals surface area contributed by atoms with Gasteiger partial charge in [-0.2, -0.15) is 22.9 Å². The van der Waals surface area contributed by atoms with Gasteiger partial charge >= 0.3 is 12.2 Å². The highest BCUT2D eigenvalue weighted by Gasteiger charge is 2.74. The molecule has 0 saturated carbocycles. The average molecular weight is 515 g/mol. The van der Waals surface area contributed by atoms with Crippen LogP contribution >= 0.6 is 11.6 Å². The number of carbonyl (C=O) groups is 3. The van der Waals surface area contributed by atoms with Gasteiger partial charge in [0.2, 0.25) is 21.5 Å². The van der Waals surface area contributed by atoms with Gasteiger partial charge in [0.1, 0.15) is 11.8 Å². The monoisotopic (exact) mass is 514 g/mol. The molecule has 2 aliphatic rings. The van der Waals surface area contributed by atoms with E-state index in [1.807, 2.05) is 0 Å². The highest BCUT2D eigenvalue weighted by atomic mass is 35.5. The molecule has 2 N–H and O–H groups in total. The molecule has 2 atom stereocenters. The molecule has 2 heterocycles. The van der Waals surface area contributed by atoms with Crippen LogP contribution in [0.5, 0.6) is 0 Å². The van der Waals surface area contributed by atoms with E-state index < -0.39 is 56.2 Å². The summed E-state index contributed by atoms with van der Waals surface area (Å²) in [6.07, 6.45) is -5.61. The third kappa shape index (κ3) is 3.65. The molecule has 0 bridgehead atoms. The topological polar surface area (TPSA) is 125 Å². The third-order valence-corrected chi connectivity index (χ3v) is 7.06. The number of amidine groups is 1. The SMILES string of the molecule is Cc1ccc(N2C(=O)NC(=O)C3C2=NC(=O)C3(NS(=O)(=O)c2ccc(Cl)cc2)C(F)(F)F)cc1. The number of carbonyl (C=O) groups excluding carboxylic acids is 3. The Balaban J connectivity index is 1.86. The van der Waals surface area contributed by atoms with Gasteiger partial charge < -0.3 is 0 Å². The Hall–Kier alpha value is -3.29. The summed E-state index contributed by atoms with van der Waals surface area (Å²) >= 11 is 5.71. The van der Waals surface area contributed by atoms with Crippen molar-refractivity contribution in [2.45, 2.75) is 23.5 Å². The lowest BCUT2D eigenvalue weighted by atomic mass is 9.82. The Morgan fingerprint density at radius 3 is 2.21 bits per heavy atom. The molecule has 34 heavy (non-hydrogen) atoms. The highest BCUT2D eigenvalue weighted by molar-refractivity contribution is 7.89. The van der Waals surface area contributed by atoms with Crippen molar-refractivity contribution in [1.29, 1.82) is 0 Å². The van der Waals surface area contributed by atoms with Gasteiger partial charge in [0, 0.05) is 5.02 Å². The van der Waals surface area contributed by atoms with Crippen molar-refractivity contribution in [1.82, 2.24) is 10.0 Å². The number of nitrogens with one attached hydrogen (secondary N) is 2. The first-order valence-electron chi connectivity index (χ1n) is 9.49. The molecule has 1 fully saturated rings. The van der Waals surface area contributed by atoms with Gasteiger partial charge in [-0.25, -0.2) is 18.1 Å². The molecule has 0 aromatic heterocycles. The molecule has 0 radical (unpaired) electrons. The molecule has 4 rings (SSSR count). The van der Waals surface area contributed by atoms with E-state index in [2.05, 4.69) is 4.99 Å². The molecule has 2 unspecified atom stereocenters. The lowest BCUT2D eigenvalue weighted by molar-refractivity contribution is -0.199. The summed E-state index contributed by atoms with van der Waals surface area (Å²) in [5.74, 6) is -6.88. The van der Waals surface area contributed by atoms with E-state index in [1.54, 1.807) is 24.4 Å². The number of aryl methyl sites for hydroxylation is 1. The van der Waals surface area contributed by atoms with Crippen LogP contribution in [0.3, 0.4) is 0 Å². The van der Waals surface area contributed by atoms with E-state index in [9.17, 15) is 36.0 Å². The van der Waals surface area contributed by atoms with E-state index in [-0.39, 0.29) is 10.7 Å². The third-order valence-electron chi connectivity index (χ3n) is 5.33. The number of hydrogen-bond donors (Lipinski definition) is 2. The molecule has 1 saturated heterocycles. The van der Waals surface area contributed by atoms with Gasteiger partial charge in [-0.05, 0) is 43.3 Å². The maximum absolute atomic E-state index is 14.5. The first kappa shape index (κ1) is 23.9. The van der Waals surface area contributed by atoms with Gasteiger partial charge in [0.05, 0.1) is 10.6 Å². The Labute approximate surface area is 195 Å². The Morgan fingerprint density at radius 1 is 1.06 bits per heavy atom. The number of nitrogens with zero attached hydrogens (tertiary/aromatic N) is 2. The lowest BCUT2D eigenvalue weighted by Gasteiger charge is -2.38. The quantitative estimate of drug-likeness (QED) is 0.648. The summed E-state index contributed by atoms with van der Waals surface area (Å²) in [5.41, 5.74) is -3.21. The molecule has 0 aliphatic carbocycles. The Kier molecular flexibility index (Phi) is 5.54. The summed E-state index contributed by atoms with van der Waals surface area (Å²) in [5, 5.41) is 1.87. The Morgan fingerprint density at radius 2 is 1.65 bits per heavy atom. The number of imide groups is 1. The molecule has 2 aromatic carbocycles. The minimum Gasteiger partial charge on any atom is -0.277 e. The van der Waals surface area contributed by atoms with E-state index in [0.29, 0.717) is 4.90 Å². The van der Waals surface area contributed by atoms with Gasteiger partial charge in [-0.15, -0.1) is 0 Å². The molecule has 2 aromatic rings. The molecule has 14 heteroatoms. The van der Waals surface area contributed by atoms with Crippen LogP contribution < -0.4 is 14.9 Å². The predicted octanol–water partition coefficient (Wildman–Crippen LogP) is 2.54. The van der Waals surface area contributed by atoms with Crippen LogP contribution in [0.25, 0.3) is 0 Å². The number of urea groups is 1. The lowest BCUT2D eigenvalue weighted by Crippen LogP contribution is -2.72. The van der Waals surface area contributed by atoms with Crippen molar-refractivity contribution in [3.63, 3.8) is 0 Å². The number of alkyl halides is 3. The van der Waals surface area contributed by atoms with Gasteiger partial charge in [-0.1, -0.05) is 29.3 Å². The van der Waals surface area contributed by atoms with E-state index in [1.165, 1.54) is 16.9 Å². The summed E-state index contributed by atoms with van der Waals surface area (Å²) in [6, 6.07) is 8.81. The predicted molar refractivity (Wildman–Crippen MR) is 114 cm³/mol. The normalized spacial score (nSPS) is 23.0. The highest BCUT2D eigenvalue weighted by Crippen LogP contribution is 2.45. The van der Waals surface area contributed by atoms with E-state index >= 15 is 0 Å². The van der Waals surface area contributed by atoms with Gasteiger partial charge in [0.25, 0.3) is 5.91 Å². The average Bonchev–Trinajstić information content (AvgIpc) is 3.02. The van der Waals surface area contributed by atoms with Crippen molar-refractivity contribution in [3.8, 4) is 0 Å². The van der Waals surface area contributed by atoms with Crippen molar-refractivity contribution < 1.29 is 36.0 Å². The first-order chi connectivity index (χ1) is 15.8. The van der Waals surface area contributed by atoms with Crippen molar-refractivity contribution in [2.24, 2.45) is 10.9 Å². The summed E-state index contributed by atoms with van der Waals surface area (Å²) in [4.78, 5) is 41.3. The smallest absolute Gasteiger partial charge is 0.277 e. The number of sulfonamides is 1. The number of anilines is 1. The fraction of sp³-hybridized carbons (Fsp3) is 0.200. The number of benzene rings is 2. The van der Waals surface area contributed by atoms with Crippen LogP contribution in [0, 0.1) is 12.8 Å².